The fourth-order valence-corrected chi connectivity index (χ4v) is 2.46. The van der Waals surface area contributed by atoms with E-state index in [1.165, 1.54) is 4.90 Å². The molecular weight excluding hydrogens is 302 g/mol. The number of rotatable bonds is 4. The summed E-state index contributed by atoms with van der Waals surface area (Å²) in [4.78, 5) is 25.7. The zero-order valence-electron chi connectivity index (χ0n) is 13.1. The Morgan fingerprint density at radius 2 is 1.95 bits per heavy atom. The quantitative estimate of drug-likeness (QED) is 0.889. The summed E-state index contributed by atoms with van der Waals surface area (Å²) < 4.78 is 0. The van der Waals surface area contributed by atoms with E-state index >= 15 is 0 Å². The number of piperidine rings is 1. The summed E-state index contributed by atoms with van der Waals surface area (Å²) >= 11 is 0. The summed E-state index contributed by atoms with van der Waals surface area (Å²) in [5, 5.41) is 6.01. The molecule has 1 fully saturated rings. The molecule has 1 saturated heterocycles. The highest BCUT2D eigenvalue weighted by Crippen LogP contribution is 2.10. The number of halogens is 1. The highest BCUT2D eigenvalue weighted by molar-refractivity contribution is 5.95. The van der Waals surface area contributed by atoms with Crippen LogP contribution < -0.4 is 10.6 Å². The van der Waals surface area contributed by atoms with Crippen LogP contribution in [-0.4, -0.2) is 42.9 Å². The first-order chi connectivity index (χ1) is 10.1. The van der Waals surface area contributed by atoms with Crippen LogP contribution >= 0.6 is 12.4 Å². The lowest BCUT2D eigenvalue weighted by atomic mass is 10.0. The monoisotopic (exact) mass is 325 g/mol. The van der Waals surface area contributed by atoms with Gasteiger partial charge in [0.2, 0.25) is 11.8 Å². The molecule has 1 atom stereocenters. The molecule has 5 nitrogen and oxygen atoms in total. The van der Waals surface area contributed by atoms with E-state index in [0.29, 0.717) is 0 Å². The van der Waals surface area contributed by atoms with Gasteiger partial charge in [-0.2, -0.15) is 0 Å². The van der Waals surface area contributed by atoms with Crippen molar-refractivity contribution in [2.75, 3.05) is 25.5 Å². The molecule has 1 aliphatic heterocycles. The maximum atomic E-state index is 12.2. The van der Waals surface area contributed by atoms with Gasteiger partial charge in [0.15, 0.2) is 0 Å². The van der Waals surface area contributed by atoms with Gasteiger partial charge in [-0.15, -0.1) is 12.4 Å². The van der Waals surface area contributed by atoms with Crippen molar-refractivity contribution in [3.8, 4) is 0 Å². The SMILES string of the molecule is Cc1ccc(NC(=O)CN(C)C(=O)C2CCCCN2)cc1.Cl. The second-order valence-corrected chi connectivity index (χ2v) is 5.61. The Balaban J connectivity index is 0.00000242. The van der Waals surface area contributed by atoms with Gasteiger partial charge < -0.3 is 15.5 Å². The topological polar surface area (TPSA) is 61.4 Å². The first kappa shape index (κ1) is 18.5. The molecule has 1 aromatic rings. The van der Waals surface area contributed by atoms with Gasteiger partial charge in [-0.1, -0.05) is 24.1 Å². The zero-order valence-corrected chi connectivity index (χ0v) is 13.9. The van der Waals surface area contributed by atoms with Crippen molar-refractivity contribution >= 4 is 29.9 Å². The van der Waals surface area contributed by atoms with Gasteiger partial charge in [0.05, 0.1) is 12.6 Å². The largest absolute Gasteiger partial charge is 0.335 e. The molecule has 0 radical (unpaired) electrons. The molecule has 0 bridgehead atoms. The van der Waals surface area contributed by atoms with Crippen LogP contribution in [0, 0.1) is 6.92 Å². The number of anilines is 1. The Morgan fingerprint density at radius 1 is 1.27 bits per heavy atom. The Bertz CT molecular complexity index is 499. The van der Waals surface area contributed by atoms with Crippen LogP contribution in [0.4, 0.5) is 5.69 Å². The Hall–Kier alpha value is -1.59. The molecule has 2 N–H and O–H groups in total. The molecule has 2 amide bonds. The summed E-state index contributed by atoms with van der Waals surface area (Å²) in [5.74, 6) is -0.181. The molecule has 1 aliphatic rings. The van der Waals surface area contributed by atoms with E-state index in [2.05, 4.69) is 10.6 Å². The second kappa shape index (κ2) is 8.76. The third kappa shape index (κ3) is 5.31. The van der Waals surface area contributed by atoms with E-state index in [4.69, 9.17) is 0 Å². The van der Waals surface area contributed by atoms with Crippen LogP contribution in [0.25, 0.3) is 0 Å². The molecule has 22 heavy (non-hydrogen) atoms. The lowest BCUT2D eigenvalue weighted by Crippen LogP contribution is -2.48. The first-order valence-electron chi connectivity index (χ1n) is 7.41. The van der Waals surface area contributed by atoms with Crippen LogP contribution in [0.15, 0.2) is 24.3 Å². The number of benzene rings is 1. The number of nitrogens with zero attached hydrogens (tertiary/aromatic N) is 1. The van der Waals surface area contributed by atoms with Gasteiger partial charge >= 0.3 is 0 Å². The van der Waals surface area contributed by atoms with E-state index in [0.717, 1.165) is 37.1 Å². The lowest BCUT2D eigenvalue weighted by Gasteiger charge is -2.27. The van der Waals surface area contributed by atoms with E-state index < -0.39 is 0 Å². The van der Waals surface area contributed by atoms with Crippen molar-refractivity contribution in [1.29, 1.82) is 0 Å². The summed E-state index contributed by atoms with van der Waals surface area (Å²) in [6, 6.07) is 7.46. The molecule has 1 aromatic carbocycles. The predicted octanol–water partition coefficient (Wildman–Crippen LogP) is 1.96. The minimum atomic E-state index is -0.175. The average molecular weight is 326 g/mol. The number of nitrogens with one attached hydrogen (secondary N) is 2. The maximum absolute atomic E-state index is 12.2. The molecule has 0 aromatic heterocycles. The number of carbonyl (C=O) groups excluding carboxylic acids is 2. The van der Waals surface area contributed by atoms with E-state index in [1.54, 1.807) is 7.05 Å². The summed E-state index contributed by atoms with van der Waals surface area (Å²) in [7, 11) is 1.67. The smallest absolute Gasteiger partial charge is 0.243 e. The molecule has 122 valence electrons. The maximum Gasteiger partial charge on any atom is 0.243 e. The summed E-state index contributed by atoms with van der Waals surface area (Å²) in [6.07, 6.45) is 3.02. The third-order valence-corrected chi connectivity index (χ3v) is 3.70. The minimum Gasteiger partial charge on any atom is -0.335 e. The number of carbonyl (C=O) groups is 2. The van der Waals surface area contributed by atoms with Gasteiger partial charge in [-0.05, 0) is 38.4 Å². The molecule has 1 unspecified atom stereocenters. The van der Waals surface area contributed by atoms with Crippen molar-refractivity contribution in [2.45, 2.75) is 32.2 Å². The van der Waals surface area contributed by atoms with Crippen LogP contribution in [0.5, 0.6) is 0 Å². The van der Waals surface area contributed by atoms with Crippen molar-refractivity contribution in [3.63, 3.8) is 0 Å². The normalized spacial score (nSPS) is 17.3. The van der Waals surface area contributed by atoms with Crippen LogP contribution in [0.2, 0.25) is 0 Å². The van der Waals surface area contributed by atoms with Gasteiger partial charge in [-0.25, -0.2) is 0 Å². The highest BCUT2D eigenvalue weighted by atomic mass is 35.5. The third-order valence-electron chi connectivity index (χ3n) is 3.70. The Kier molecular flexibility index (Phi) is 7.35. The average Bonchev–Trinajstić information content (AvgIpc) is 2.49. The number of aryl methyl sites for hydroxylation is 1. The number of hydrogen-bond donors (Lipinski definition) is 2. The Morgan fingerprint density at radius 3 is 2.55 bits per heavy atom. The number of hydrogen-bond acceptors (Lipinski definition) is 3. The second-order valence-electron chi connectivity index (χ2n) is 5.61. The van der Waals surface area contributed by atoms with Crippen molar-refractivity contribution < 1.29 is 9.59 Å². The summed E-state index contributed by atoms with van der Waals surface area (Å²) in [6.45, 7) is 2.94. The molecule has 1 heterocycles. The Labute approximate surface area is 137 Å². The minimum absolute atomic E-state index is 0. The van der Waals surface area contributed by atoms with Crippen LogP contribution in [-0.2, 0) is 9.59 Å². The summed E-state index contributed by atoms with van der Waals surface area (Å²) in [5.41, 5.74) is 1.89. The van der Waals surface area contributed by atoms with Crippen molar-refractivity contribution in [2.24, 2.45) is 0 Å². The first-order valence-corrected chi connectivity index (χ1v) is 7.41. The van der Waals surface area contributed by atoms with Crippen LogP contribution in [0.3, 0.4) is 0 Å². The standard InChI is InChI=1S/C16H23N3O2.ClH/c1-12-6-8-13(9-7-12)18-15(20)11-19(2)16(21)14-5-3-4-10-17-14;/h6-9,14,17H,3-5,10-11H2,1-2H3,(H,18,20);1H. The van der Waals surface area contributed by atoms with E-state index in [9.17, 15) is 9.59 Å². The molecule has 6 heteroatoms. The van der Waals surface area contributed by atoms with E-state index in [1.807, 2.05) is 31.2 Å². The van der Waals surface area contributed by atoms with Crippen molar-refractivity contribution in [1.82, 2.24) is 10.2 Å². The van der Waals surface area contributed by atoms with Crippen LogP contribution in [0.1, 0.15) is 24.8 Å². The van der Waals surface area contributed by atoms with E-state index in [-0.39, 0.29) is 36.8 Å². The zero-order chi connectivity index (χ0) is 15.2. The van der Waals surface area contributed by atoms with Gasteiger partial charge in [-0.3, -0.25) is 9.59 Å². The molecule has 0 spiro atoms. The van der Waals surface area contributed by atoms with Gasteiger partial charge in [0.1, 0.15) is 0 Å². The van der Waals surface area contributed by atoms with Gasteiger partial charge in [0.25, 0.3) is 0 Å². The van der Waals surface area contributed by atoms with Gasteiger partial charge in [0, 0.05) is 12.7 Å². The highest BCUT2D eigenvalue weighted by Gasteiger charge is 2.24. The number of amides is 2. The molecule has 0 saturated carbocycles. The molecular formula is C16H24ClN3O2. The molecule has 0 aliphatic carbocycles. The fourth-order valence-electron chi connectivity index (χ4n) is 2.46. The fraction of sp³-hybridized carbons (Fsp3) is 0.500. The number of likely N-dealkylation sites (N-methyl/N-ethyl adjacent to an activating group) is 1. The van der Waals surface area contributed by atoms with Crippen molar-refractivity contribution in [3.05, 3.63) is 29.8 Å². The predicted molar refractivity (Wildman–Crippen MR) is 90.3 cm³/mol. The lowest BCUT2D eigenvalue weighted by molar-refractivity contribution is -0.135. The molecule has 2 rings (SSSR count).